The summed E-state index contributed by atoms with van der Waals surface area (Å²) in [4.78, 5) is 11.4. The van der Waals surface area contributed by atoms with Crippen LogP contribution in [0.5, 0.6) is 0 Å². The van der Waals surface area contributed by atoms with E-state index >= 15 is 0 Å². The molecule has 0 radical (unpaired) electrons. The lowest BCUT2D eigenvalue weighted by Crippen LogP contribution is -2.28. The molecule has 2 aromatic rings. The summed E-state index contributed by atoms with van der Waals surface area (Å²) in [5, 5.41) is 19.4. The molecule has 2 aromatic carbocycles. The van der Waals surface area contributed by atoms with Crippen LogP contribution >= 0.6 is 0 Å². The van der Waals surface area contributed by atoms with E-state index < -0.39 is 18.0 Å². The highest BCUT2D eigenvalue weighted by Crippen LogP contribution is 2.15. The predicted molar refractivity (Wildman–Crippen MR) is 82.8 cm³/mol. The Balaban J connectivity index is 2.07. The van der Waals surface area contributed by atoms with E-state index in [1.165, 1.54) is 6.08 Å². The quantitative estimate of drug-likeness (QED) is 0.856. The van der Waals surface area contributed by atoms with Crippen molar-refractivity contribution in [1.29, 1.82) is 0 Å². The SMILES string of the molecule is O=C(O)C(Cc1ccccc1)C(O)/C=C/c1ccccc1. The number of aliphatic hydroxyl groups excluding tert-OH is 1. The van der Waals surface area contributed by atoms with Gasteiger partial charge in [0, 0.05) is 0 Å². The number of rotatable bonds is 6. The second-order valence-electron chi connectivity index (χ2n) is 4.89. The minimum atomic E-state index is -1.03. The van der Waals surface area contributed by atoms with Crippen molar-refractivity contribution < 1.29 is 15.0 Å². The molecule has 0 fully saturated rings. The highest BCUT2D eigenvalue weighted by atomic mass is 16.4. The largest absolute Gasteiger partial charge is 0.481 e. The molecule has 0 spiro atoms. The van der Waals surface area contributed by atoms with E-state index in [1.54, 1.807) is 6.08 Å². The van der Waals surface area contributed by atoms with Crippen molar-refractivity contribution >= 4 is 12.0 Å². The minimum Gasteiger partial charge on any atom is -0.481 e. The fourth-order valence-corrected chi connectivity index (χ4v) is 2.13. The van der Waals surface area contributed by atoms with E-state index in [9.17, 15) is 15.0 Å². The molecule has 2 atom stereocenters. The van der Waals surface area contributed by atoms with Gasteiger partial charge in [-0.15, -0.1) is 0 Å². The Bertz CT molecular complexity index is 590. The number of hydrogen-bond donors (Lipinski definition) is 2. The summed E-state index contributed by atoms with van der Waals surface area (Å²) in [5.74, 6) is -1.85. The third-order valence-electron chi connectivity index (χ3n) is 3.31. The van der Waals surface area contributed by atoms with Crippen molar-refractivity contribution in [2.75, 3.05) is 0 Å². The Labute approximate surface area is 124 Å². The first kappa shape index (κ1) is 15.0. The Morgan fingerprint density at radius 2 is 1.57 bits per heavy atom. The Morgan fingerprint density at radius 3 is 2.14 bits per heavy atom. The van der Waals surface area contributed by atoms with Gasteiger partial charge in [0.15, 0.2) is 0 Å². The van der Waals surface area contributed by atoms with E-state index in [0.717, 1.165) is 11.1 Å². The zero-order valence-electron chi connectivity index (χ0n) is 11.6. The molecule has 21 heavy (non-hydrogen) atoms. The summed E-state index contributed by atoms with van der Waals surface area (Å²) in [6, 6.07) is 18.8. The van der Waals surface area contributed by atoms with E-state index in [1.807, 2.05) is 60.7 Å². The van der Waals surface area contributed by atoms with Crippen LogP contribution in [0.15, 0.2) is 66.7 Å². The van der Waals surface area contributed by atoms with Crippen LogP contribution in [0.4, 0.5) is 0 Å². The lowest BCUT2D eigenvalue weighted by molar-refractivity contribution is -0.144. The van der Waals surface area contributed by atoms with Crippen molar-refractivity contribution in [2.45, 2.75) is 12.5 Å². The maximum Gasteiger partial charge on any atom is 0.309 e. The van der Waals surface area contributed by atoms with Gasteiger partial charge in [-0.25, -0.2) is 0 Å². The van der Waals surface area contributed by atoms with Crippen LogP contribution in [0.25, 0.3) is 6.08 Å². The summed E-state index contributed by atoms with van der Waals surface area (Å²) in [6.45, 7) is 0. The monoisotopic (exact) mass is 282 g/mol. The van der Waals surface area contributed by atoms with Crippen molar-refractivity contribution in [3.05, 3.63) is 77.9 Å². The number of aliphatic carboxylic acids is 1. The first-order valence-corrected chi connectivity index (χ1v) is 6.85. The molecular weight excluding hydrogens is 264 g/mol. The summed E-state index contributed by atoms with van der Waals surface area (Å²) < 4.78 is 0. The van der Waals surface area contributed by atoms with Gasteiger partial charge in [-0.05, 0) is 17.5 Å². The van der Waals surface area contributed by atoms with Gasteiger partial charge in [0.2, 0.25) is 0 Å². The van der Waals surface area contributed by atoms with Crippen LogP contribution in [0.2, 0.25) is 0 Å². The van der Waals surface area contributed by atoms with Crippen LogP contribution < -0.4 is 0 Å². The molecule has 0 amide bonds. The standard InChI is InChI=1S/C18H18O3/c19-17(12-11-14-7-3-1-4-8-14)16(18(20)21)13-15-9-5-2-6-10-15/h1-12,16-17,19H,13H2,(H,20,21)/b12-11+. The number of benzene rings is 2. The molecule has 0 heterocycles. The van der Waals surface area contributed by atoms with Crippen molar-refractivity contribution in [2.24, 2.45) is 5.92 Å². The number of aliphatic hydroxyl groups is 1. The van der Waals surface area contributed by atoms with Crippen molar-refractivity contribution in [1.82, 2.24) is 0 Å². The Kier molecular flexibility index (Phi) is 5.29. The predicted octanol–water partition coefficient (Wildman–Crippen LogP) is 3.00. The number of carboxylic acids is 1. The van der Waals surface area contributed by atoms with Crippen LogP contribution in [0.1, 0.15) is 11.1 Å². The molecule has 0 aliphatic rings. The average Bonchev–Trinajstić information content (AvgIpc) is 2.52. The normalized spacial score (nSPS) is 14.0. The fourth-order valence-electron chi connectivity index (χ4n) is 2.13. The minimum absolute atomic E-state index is 0.302. The first-order valence-electron chi connectivity index (χ1n) is 6.85. The summed E-state index contributed by atoms with van der Waals surface area (Å²) >= 11 is 0. The molecule has 0 saturated carbocycles. The van der Waals surface area contributed by atoms with Crippen LogP contribution in [-0.4, -0.2) is 22.3 Å². The lowest BCUT2D eigenvalue weighted by atomic mass is 9.93. The zero-order chi connectivity index (χ0) is 15.1. The highest BCUT2D eigenvalue weighted by molar-refractivity contribution is 5.72. The van der Waals surface area contributed by atoms with Gasteiger partial charge in [-0.3, -0.25) is 4.79 Å². The van der Waals surface area contributed by atoms with E-state index in [4.69, 9.17) is 0 Å². The van der Waals surface area contributed by atoms with E-state index in [-0.39, 0.29) is 0 Å². The second kappa shape index (κ2) is 7.41. The molecule has 3 nitrogen and oxygen atoms in total. The molecule has 108 valence electrons. The average molecular weight is 282 g/mol. The van der Waals surface area contributed by atoms with Crippen LogP contribution in [-0.2, 0) is 11.2 Å². The topological polar surface area (TPSA) is 57.5 Å². The third kappa shape index (κ3) is 4.58. The van der Waals surface area contributed by atoms with Crippen LogP contribution in [0, 0.1) is 5.92 Å². The van der Waals surface area contributed by atoms with E-state index in [2.05, 4.69) is 0 Å². The van der Waals surface area contributed by atoms with Gasteiger partial charge in [-0.1, -0.05) is 72.8 Å². The van der Waals surface area contributed by atoms with Crippen LogP contribution in [0.3, 0.4) is 0 Å². The van der Waals surface area contributed by atoms with Gasteiger partial charge in [0.25, 0.3) is 0 Å². The molecule has 0 aliphatic heterocycles. The molecule has 2 rings (SSSR count). The second-order valence-corrected chi connectivity index (χ2v) is 4.89. The molecule has 2 unspecified atom stereocenters. The Morgan fingerprint density at radius 1 is 1.00 bits per heavy atom. The molecule has 3 heteroatoms. The van der Waals surface area contributed by atoms with Gasteiger partial charge >= 0.3 is 5.97 Å². The summed E-state index contributed by atoms with van der Waals surface area (Å²) in [5.41, 5.74) is 1.83. The fraction of sp³-hybridized carbons (Fsp3) is 0.167. The van der Waals surface area contributed by atoms with Gasteiger partial charge in [-0.2, -0.15) is 0 Å². The zero-order valence-corrected chi connectivity index (χ0v) is 11.6. The highest BCUT2D eigenvalue weighted by Gasteiger charge is 2.24. The van der Waals surface area contributed by atoms with Gasteiger partial charge in [0.1, 0.15) is 0 Å². The number of hydrogen-bond acceptors (Lipinski definition) is 2. The molecule has 2 N–H and O–H groups in total. The summed E-state index contributed by atoms with van der Waals surface area (Å²) in [7, 11) is 0. The summed E-state index contributed by atoms with van der Waals surface area (Å²) in [6.07, 6.45) is 2.56. The molecule has 0 aromatic heterocycles. The molecule has 0 saturated heterocycles. The lowest BCUT2D eigenvalue weighted by Gasteiger charge is -2.16. The van der Waals surface area contributed by atoms with Gasteiger partial charge < -0.3 is 10.2 Å². The smallest absolute Gasteiger partial charge is 0.309 e. The third-order valence-corrected chi connectivity index (χ3v) is 3.31. The van der Waals surface area contributed by atoms with Crippen molar-refractivity contribution in [3.63, 3.8) is 0 Å². The maximum atomic E-state index is 11.4. The number of carboxylic acid groups (broad SMARTS) is 1. The van der Waals surface area contributed by atoms with Crippen molar-refractivity contribution in [3.8, 4) is 0 Å². The molecule has 0 bridgehead atoms. The molecular formula is C18H18O3. The number of carbonyl (C=O) groups is 1. The molecule has 0 aliphatic carbocycles. The Hall–Kier alpha value is -2.39. The first-order chi connectivity index (χ1) is 10.2. The van der Waals surface area contributed by atoms with Gasteiger partial charge in [0.05, 0.1) is 12.0 Å². The van der Waals surface area contributed by atoms with E-state index in [0.29, 0.717) is 6.42 Å². The maximum absolute atomic E-state index is 11.4.